The van der Waals surface area contributed by atoms with Gasteiger partial charge in [-0.3, -0.25) is 9.69 Å². The smallest absolute Gasteiger partial charge is 0.220 e. The predicted octanol–water partition coefficient (Wildman–Crippen LogP) is -1.03. The molecule has 2 fully saturated rings. The van der Waals surface area contributed by atoms with Crippen LogP contribution in [0.25, 0.3) is 0 Å². The van der Waals surface area contributed by atoms with E-state index >= 15 is 0 Å². The Kier molecular flexibility index (Phi) is 4.92. The van der Waals surface area contributed by atoms with Crippen molar-refractivity contribution in [2.24, 2.45) is 11.7 Å². The van der Waals surface area contributed by atoms with Gasteiger partial charge in [0, 0.05) is 38.1 Å². The number of sulfonamides is 1. The first-order chi connectivity index (χ1) is 9.68. The van der Waals surface area contributed by atoms with Crippen LogP contribution in [0.4, 0.5) is 0 Å². The molecule has 122 valence electrons. The minimum Gasteiger partial charge on any atom is -0.390 e. The summed E-state index contributed by atoms with van der Waals surface area (Å²) < 4.78 is 23.9. The highest BCUT2D eigenvalue weighted by molar-refractivity contribution is 7.88. The topological polar surface area (TPSA) is 104 Å². The zero-order valence-electron chi connectivity index (χ0n) is 12.6. The van der Waals surface area contributed by atoms with Crippen LogP contribution in [0.3, 0.4) is 0 Å². The van der Waals surface area contributed by atoms with E-state index < -0.39 is 16.1 Å². The number of hydrogen-bond acceptors (Lipinski definition) is 5. The van der Waals surface area contributed by atoms with Crippen molar-refractivity contribution in [3.8, 4) is 0 Å². The summed E-state index contributed by atoms with van der Waals surface area (Å²) in [4.78, 5) is 13.6. The molecule has 0 aromatic rings. The van der Waals surface area contributed by atoms with Crippen LogP contribution in [-0.2, 0) is 14.8 Å². The van der Waals surface area contributed by atoms with Crippen molar-refractivity contribution in [3.05, 3.63) is 0 Å². The fraction of sp³-hybridized carbons (Fsp3) is 0.923. The predicted molar refractivity (Wildman–Crippen MR) is 78.9 cm³/mol. The first-order valence-electron chi connectivity index (χ1n) is 7.33. The summed E-state index contributed by atoms with van der Waals surface area (Å²) in [7, 11) is -1.81. The van der Waals surface area contributed by atoms with E-state index in [1.54, 1.807) is 0 Å². The van der Waals surface area contributed by atoms with Crippen molar-refractivity contribution < 1.29 is 18.3 Å². The summed E-state index contributed by atoms with van der Waals surface area (Å²) in [5.74, 6) is -0.293. The van der Waals surface area contributed by atoms with E-state index in [0.29, 0.717) is 6.54 Å². The largest absolute Gasteiger partial charge is 0.390 e. The van der Waals surface area contributed by atoms with Crippen LogP contribution in [-0.4, -0.2) is 73.2 Å². The molecule has 7 nitrogen and oxygen atoms in total. The highest BCUT2D eigenvalue weighted by Gasteiger charge is 2.42. The number of amides is 1. The van der Waals surface area contributed by atoms with E-state index in [1.165, 1.54) is 7.05 Å². The molecule has 2 aliphatic rings. The second-order valence-electron chi connectivity index (χ2n) is 6.35. The molecule has 0 unspecified atom stereocenters. The fourth-order valence-electron chi connectivity index (χ4n) is 3.54. The first-order valence-corrected chi connectivity index (χ1v) is 9.17. The van der Waals surface area contributed by atoms with Gasteiger partial charge in [0.05, 0.1) is 12.4 Å². The third-order valence-corrected chi connectivity index (χ3v) is 6.02. The maximum absolute atomic E-state index is 11.4. The van der Waals surface area contributed by atoms with Crippen molar-refractivity contribution in [2.75, 3.05) is 26.4 Å². The van der Waals surface area contributed by atoms with Gasteiger partial charge in [-0.05, 0) is 25.7 Å². The second kappa shape index (κ2) is 6.20. The van der Waals surface area contributed by atoms with Crippen molar-refractivity contribution in [1.82, 2.24) is 9.21 Å². The third kappa shape index (κ3) is 3.94. The molecule has 21 heavy (non-hydrogen) atoms. The van der Waals surface area contributed by atoms with Crippen LogP contribution < -0.4 is 5.73 Å². The molecule has 0 aromatic heterocycles. The monoisotopic (exact) mass is 319 g/mol. The van der Waals surface area contributed by atoms with Crippen molar-refractivity contribution in [3.63, 3.8) is 0 Å². The minimum absolute atomic E-state index is 0.0606. The number of primary amides is 1. The summed E-state index contributed by atoms with van der Waals surface area (Å²) in [6, 6.07) is 0.555. The summed E-state index contributed by atoms with van der Waals surface area (Å²) in [6.07, 6.45) is 3.94. The zero-order chi connectivity index (χ0) is 15.8. The lowest BCUT2D eigenvalue weighted by Gasteiger charge is -2.39. The Hall–Kier alpha value is -0.700. The van der Waals surface area contributed by atoms with Gasteiger partial charge >= 0.3 is 0 Å². The Bertz CT molecular complexity index is 482. The van der Waals surface area contributed by atoms with Crippen molar-refractivity contribution in [2.45, 2.75) is 43.9 Å². The molecule has 2 rings (SSSR count). The van der Waals surface area contributed by atoms with Crippen molar-refractivity contribution >= 4 is 15.9 Å². The Morgan fingerprint density at radius 2 is 1.90 bits per heavy atom. The molecule has 0 radical (unpaired) electrons. The number of likely N-dealkylation sites (N-methyl/N-ethyl adjacent to an activating group) is 1. The molecule has 0 saturated carbocycles. The number of carbonyl (C=O) groups excluding carboxylic acids is 1. The standard InChI is InChI=1S/C13H25N3O4S/c1-15(21(2,19)20)7-12(17)8-16-10-3-4-11(16)6-9(5-10)13(14)18/h9-12,17H,3-8H2,1-2H3,(H2,14,18)/t10-,11-,12+/m1/s1. The van der Waals surface area contributed by atoms with E-state index in [1.807, 2.05) is 0 Å². The number of nitrogens with two attached hydrogens (primary N) is 1. The highest BCUT2D eigenvalue weighted by atomic mass is 32.2. The number of fused-ring (bicyclic) bond motifs is 2. The molecular weight excluding hydrogens is 294 g/mol. The number of aliphatic hydroxyl groups is 1. The molecule has 0 spiro atoms. The molecular formula is C13H25N3O4S. The van der Waals surface area contributed by atoms with Gasteiger partial charge in [-0.1, -0.05) is 0 Å². The average Bonchev–Trinajstić information content (AvgIpc) is 2.60. The average molecular weight is 319 g/mol. The Balaban J connectivity index is 1.91. The van der Waals surface area contributed by atoms with E-state index in [9.17, 15) is 18.3 Å². The number of rotatable bonds is 6. The van der Waals surface area contributed by atoms with Gasteiger partial charge in [-0.25, -0.2) is 12.7 Å². The van der Waals surface area contributed by atoms with Gasteiger partial charge in [-0.15, -0.1) is 0 Å². The summed E-state index contributed by atoms with van der Waals surface area (Å²) in [5.41, 5.74) is 5.40. The molecule has 1 amide bonds. The van der Waals surface area contributed by atoms with Gasteiger partial charge in [0.2, 0.25) is 15.9 Å². The molecule has 2 saturated heterocycles. The van der Waals surface area contributed by atoms with E-state index in [4.69, 9.17) is 5.73 Å². The van der Waals surface area contributed by atoms with Gasteiger partial charge in [0.15, 0.2) is 0 Å². The highest BCUT2D eigenvalue weighted by Crippen LogP contribution is 2.38. The Labute approximate surface area is 126 Å². The van der Waals surface area contributed by atoms with Gasteiger partial charge in [-0.2, -0.15) is 0 Å². The van der Waals surface area contributed by atoms with Crippen LogP contribution in [0.15, 0.2) is 0 Å². The Morgan fingerprint density at radius 1 is 1.38 bits per heavy atom. The summed E-state index contributed by atoms with van der Waals surface area (Å²) in [6.45, 7) is 0.536. The lowest BCUT2D eigenvalue weighted by Crippen LogP contribution is -2.50. The third-order valence-electron chi connectivity index (χ3n) is 4.74. The first kappa shape index (κ1) is 16.7. The lowest BCUT2D eigenvalue weighted by molar-refractivity contribution is -0.124. The summed E-state index contributed by atoms with van der Waals surface area (Å²) >= 11 is 0. The number of hydrogen-bond donors (Lipinski definition) is 2. The Morgan fingerprint density at radius 3 is 2.33 bits per heavy atom. The van der Waals surface area contributed by atoms with E-state index in [-0.39, 0.29) is 30.5 Å². The SMILES string of the molecule is CN(C[C@H](O)CN1[C@@H]2CC[C@@H]1CC(C(N)=O)C2)S(C)(=O)=O. The molecule has 2 heterocycles. The maximum atomic E-state index is 11.4. The molecule has 3 atom stereocenters. The van der Waals surface area contributed by atoms with E-state index in [2.05, 4.69) is 4.90 Å². The number of carbonyl (C=O) groups is 1. The van der Waals surface area contributed by atoms with Crippen LogP contribution in [0.5, 0.6) is 0 Å². The van der Waals surface area contributed by atoms with Crippen LogP contribution >= 0.6 is 0 Å². The molecule has 0 aromatic carbocycles. The maximum Gasteiger partial charge on any atom is 0.220 e. The number of nitrogens with zero attached hydrogens (tertiary/aromatic N) is 2. The van der Waals surface area contributed by atoms with Gasteiger partial charge in [0.1, 0.15) is 0 Å². The van der Waals surface area contributed by atoms with Crippen LogP contribution in [0, 0.1) is 5.92 Å². The van der Waals surface area contributed by atoms with Crippen LogP contribution in [0.2, 0.25) is 0 Å². The molecule has 3 N–H and O–H groups in total. The fourth-order valence-corrected chi connectivity index (χ4v) is 3.98. The second-order valence-corrected chi connectivity index (χ2v) is 8.44. The molecule has 8 heteroatoms. The minimum atomic E-state index is -3.28. The van der Waals surface area contributed by atoms with Crippen molar-refractivity contribution in [1.29, 1.82) is 0 Å². The normalized spacial score (nSPS) is 31.5. The summed E-state index contributed by atoms with van der Waals surface area (Å²) in [5, 5.41) is 10.1. The number of aliphatic hydroxyl groups excluding tert-OH is 1. The molecule has 2 aliphatic heterocycles. The van der Waals surface area contributed by atoms with E-state index in [0.717, 1.165) is 36.2 Å². The molecule has 0 aliphatic carbocycles. The van der Waals surface area contributed by atoms with Crippen LogP contribution in [0.1, 0.15) is 25.7 Å². The van der Waals surface area contributed by atoms with Gasteiger partial charge in [0.25, 0.3) is 0 Å². The molecule has 2 bridgehead atoms. The quantitative estimate of drug-likeness (QED) is 0.651. The number of piperidine rings is 1. The zero-order valence-corrected chi connectivity index (χ0v) is 13.4. The lowest BCUT2D eigenvalue weighted by atomic mass is 9.90. The van der Waals surface area contributed by atoms with Gasteiger partial charge < -0.3 is 10.8 Å².